The summed E-state index contributed by atoms with van der Waals surface area (Å²) in [6, 6.07) is -0.303. The van der Waals surface area contributed by atoms with E-state index in [1.165, 1.54) is 16.2 Å². The molecule has 12 heteroatoms. The Hall–Kier alpha value is -2.92. The van der Waals surface area contributed by atoms with Crippen LogP contribution < -0.4 is 10.2 Å². The van der Waals surface area contributed by atoms with E-state index in [4.69, 9.17) is 25.5 Å². The van der Waals surface area contributed by atoms with Gasteiger partial charge in [0.1, 0.15) is 27.5 Å². The van der Waals surface area contributed by atoms with Gasteiger partial charge in [-0.05, 0) is 67.0 Å². The van der Waals surface area contributed by atoms with Gasteiger partial charge in [-0.25, -0.2) is 19.6 Å². The predicted octanol–water partition coefficient (Wildman–Crippen LogP) is 6.04. The zero-order chi connectivity index (χ0) is 26.8. The number of halogens is 1. The van der Waals surface area contributed by atoms with Crippen LogP contribution in [-0.2, 0) is 22.4 Å². The fourth-order valence-electron chi connectivity index (χ4n) is 3.32. The van der Waals surface area contributed by atoms with Gasteiger partial charge in [-0.1, -0.05) is 0 Å². The highest BCUT2D eigenvalue weighted by Crippen LogP contribution is 2.34. The predicted molar refractivity (Wildman–Crippen MR) is 139 cm³/mol. The van der Waals surface area contributed by atoms with Crippen molar-refractivity contribution in [3.05, 3.63) is 33.2 Å². The van der Waals surface area contributed by atoms with Crippen LogP contribution in [0.15, 0.2) is 16.0 Å². The summed E-state index contributed by atoms with van der Waals surface area (Å²) in [5, 5.41) is 5.26. The molecule has 1 atom stereocenters. The topological polar surface area (TPSA) is 120 Å². The number of fused-ring (bicyclic) bond motifs is 1. The number of nitrogens with one attached hydrogen (secondary N) is 1. The zero-order valence-electron chi connectivity index (χ0n) is 21.8. The SMILES string of the molecule is Cc1c(C[C@@H](C)NC(=O)OC(C)(C)C)oc2c(N(Cc3nccs3)C(=O)OC(C)(C)C)nc(Cl)nc12. The average Bonchev–Trinajstić information content (AvgIpc) is 3.32. The van der Waals surface area contributed by atoms with E-state index < -0.39 is 23.4 Å². The smallest absolute Gasteiger partial charge is 0.416 e. The van der Waals surface area contributed by atoms with E-state index in [1.807, 2.05) is 19.2 Å². The summed E-state index contributed by atoms with van der Waals surface area (Å²) in [6.07, 6.45) is 0.873. The second kappa shape index (κ2) is 10.6. The summed E-state index contributed by atoms with van der Waals surface area (Å²) in [5.74, 6) is 0.751. The first-order valence-electron chi connectivity index (χ1n) is 11.5. The van der Waals surface area contributed by atoms with Gasteiger partial charge in [0.05, 0.1) is 6.54 Å². The number of alkyl carbamates (subject to hydrolysis) is 1. The molecule has 1 N–H and O–H groups in total. The van der Waals surface area contributed by atoms with Crippen LogP contribution >= 0.6 is 22.9 Å². The molecule has 196 valence electrons. The summed E-state index contributed by atoms with van der Waals surface area (Å²) >= 11 is 7.67. The lowest BCUT2D eigenvalue weighted by Gasteiger charge is -2.26. The van der Waals surface area contributed by atoms with Crippen LogP contribution in [-0.4, -0.2) is 44.4 Å². The molecule has 3 rings (SSSR count). The number of hydrogen-bond donors (Lipinski definition) is 1. The van der Waals surface area contributed by atoms with Crippen molar-refractivity contribution in [3.63, 3.8) is 0 Å². The number of carbonyl (C=O) groups excluding carboxylic acids is 2. The van der Waals surface area contributed by atoms with Crippen LogP contribution in [0.5, 0.6) is 0 Å². The van der Waals surface area contributed by atoms with E-state index in [2.05, 4.69) is 20.3 Å². The number of furan rings is 1. The summed E-state index contributed by atoms with van der Waals surface area (Å²) in [7, 11) is 0. The Bertz CT molecular complexity index is 1230. The Kier molecular flexibility index (Phi) is 8.14. The minimum absolute atomic E-state index is 0.0411. The molecule has 0 spiro atoms. The summed E-state index contributed by atoms with van der Waals surface area (Å²) in [6.45, 7) is 14.5. The van der Waals surface area contributed by atoms with E-state index in [0.717, 1.165) is 5.56 Å². The molecular weight excluding hydrogens is 506 g/mol. The van der Waals surface area contributed by atoms with Gasteiger partial charge >= 0.3 is 12.2 Å². The molecule has 0 saturated heterocycles. The third-order valence-corrected chi connectivity index (χ3v) is 5.65. The number of ether oxygens (including phenoxy) is 2. The standard InChI is InChI=1S/C24H32ClN5O5S/c1-13(27-21(31)34-23(3,4)5)11-15-14(2)17-18(33-15)19(29-20(25)28-17)30(12-16-26-9-10-36-16)22(32)35-24(6,7)8/h9-10,13H,11-12H2,1-8H3,(H,27,31)/t13-/m1/s1. The van der Waals surface area contributed by atoms with Crippen molar-refractivity contribution in [2.75, 3.05) is 4.90 Å². The lowest BCUT2D eigenvalue weighted by molar-refractivity contribution is 0.0505. The average molecular weight is 538 g/mol. The number of rotatable bonds is 6. The molecule has 0 aliphatic carbocycles. The van der Waals surface area contributed by atoms with Crippen LogP contribution in [0.3, 0.4) is 0 Å². The van der Waals surface area contributed by atoms with Gasteiger partial charge in [0, 0.05) is 29.6 Å². The Morgan fingerprint density at radius 2 is 1.83 bits per heavy atom. The first kappa shape index (κ1) is 27.7. The van der Waals surface area contributed by atoms with Gasteiger partial charge in [-0.15, -0.1) is 11.3 Å². The largest absolute Gasteiger partial charge is 0.455 e. The van der Waals surface area contributed by atoms with Crippen molar-refractivity contribution in [1.29, 1.82) is 0 Å². The number of hydrogen-bond acceptors (Lipinski definition) is 9. The van der Waals surface area contributed by atoms with Gasteiger partial charge in [-0.3, -0.25) is 4.90 Å². The van der Waals surface area contributed by atoms with Crippen molar-refractivity contribution in [2.45, 2.75) is 85.6 Å². The number of thiazole rings is 1. The minimum Gasteiger partial charge on any atom is -0.455 e. The van der Waals surface area contributed by atoms with E-state index in [1.54, 1.807) is 47.7 Å². The Morgan fingerprint density at radius 1 is 1.17 bits per heavy atom. The molecule has 0 radical (unpaired) electrons. The molecule has 3 aromatic rings. The highest BCUT2D eigenvalue weighted by atomic mass is 35.5. The Balaban J connectivity index is 1.98. The monoisotopic (exact) mass is 537 g/mol. The maximum atomic E-state index is 13.2. The van der Waals surface area contributed by atoms with E-state index in [0.29, 0.717) is 28.3 Å². The number of anilines is 1. The quantitative estimate of drug-likeness (QED) is 0.378. The molecule has 0 fully saturated rings. The molecule has 2 amide bonds. The molecule has 0 aliphatic heterocycles. The lowest BCUT2D eigenvalue weighted by atomic mass is 10.1. The molecule has 3 heterocycles. The zero-order valence-corrected chi connectivity index (χ0v) is 23.3. The highest BCUT2D eigenvalue weighted by molar-refractivity contribution is 7.09. The van der Waals surface area contributed by atoms with Gasteiger partial charge in [0.2, 0.25) is 5.28 Å². The number of carbonyl (C=O) groups is 2. The van der Waals surface area contributed by atoms with E-state index in [9.17, 15) is 9.59 Å². The third kappa shape index (κ3) is 7.30. The number of aromatic nitrogens is 3. The van der Waals surface area contributed by atoms with Crippen LogP contribution in [0.25, 0.3) is 11.1 Å². The fraction of sp³-hybridized carbons (Fsp3) is 0.542. The van der Waals surface area contributed by atoms with Crippen molar-refractivity contribution < 1.29 is 23.5 Å². The summed E-state index contributed by atoms with van der Waals surface area (Å²) in [4.78, 5) is 39.7. The second-order valence-electron chi connectivity index (χ2n) is 10.4. The molecule has 0 unspecified atom stereocenters. The van der Waals surface area contributed by atoms with E-state index in [-0.39, 0.29) is 23.7 Å². The van der Waals surface area contributed by atoms with Crippen LogP contribution in [0.1, 0.15) is 64.8 Å². The lowest BCUT2D eigenvalue weighted by Crippen LogP contribution is -2.38. The van der Waals surface area contributed by atoms with Crippen molar-refractivity contribution in [3.8, 4) is 0 Å². The molecule has 3 aromatic heterocycles. The minimum atomic E-state index is -0.735. The normalized spacial score (nSPS) is 12.9. The van der Waals surface area contributed by atoms with Crippen molar-refractivity contribution >= 4 is 52.0 Å². The number of nitrogens with zero attached hydrogens (tertiary/aromatic N) is 4. The molecule has 10 nitrogen and oxygen atoms in total. The summed E-state index contributed by atoms with van der Waals surface area (Å²) in [5.41, 5.74) is 0.145. The molecule has 0 aromatic carbocycles. The first-order valence-corrected chi connectivity index (χ1v) is 12.7. The Labute approximate surface area is 219 Å². The van der Waals surface area contributed by atoms with Crippen LogP contribution in [0.4, 0.5) is 15.4 Å². The van der Waals surface area contributed by atoms with Gasteiger partial charge in [0.15, 0.2) is 11.4 Å². The molecule has 0 saturated carbocycles. The Morgan fingerprint density at radius 3 is 2.42 bits per heavy atom. The second-order valence-corrected chi connectivity index (χ2v) is 11.7. The number of amides is 2. The van der Waals surface area contributed by atoms with Crippen molar-refractivity contribution in [1.82, 2.24) is 20.3 Å². The maximum Gasteiger partial charge on any atom is 0.416 e. The third-order valence-electron chi connectivity index (χ3n) is 4.72. The fourth-order valence-corrected chi connectivity index (χ4v) is 4.09. The highest BCUT2D eigenvalue weighted by Gasteiger charge is 2.30. The molecule has 0 aliphatic rings. The maximum absolute atomic E-state index is 13.2. The number of aryl methyl sites for hydroxylation is 1. The van der Waals surface area contributed by atoms with Gasteiger partial charge < -0.3 is 19.2 Å². The molecule has 36 heavy (non-hydrogen) atoms. The van der Waals surface area contributed by atoms with Crippen LogP contribution in [0, 0.1) is 6.92 Å². The molecule has 0 bridgehead atoms. The van der Waals surface area contributed by atoms with Crippen molar-refractivity contribution in [2.24, 2.45) is 0 Å². The molecular formula is C24H32ClN5O5S. The first-order chi connectivity index (χ1) is 16.6. The van der Waals surface area contributed by atoms with Gasteiger partial charge in [-0.2, -0.15) is 4.98 Å². The summed E-state index contributed by atoms with van der Waals surface area (Å²) < 4.78 is 17.1. The van der Waals surface area contributed by atoms with Crippen LogP contribution in [0.2, 0.25) is 5.28 Å². The van der Waals surface area contributed by atoms with E-state index >= 15 is 0 Å². The van der Waals surface area contributed by atoms with Gasteiger partial charge in [0.25, 0.3) is 0 Å².